The molecular weight excluding hydrogens is 320 g/mol. The summed E-state index contributed by atoms with van der Waals surface area (Å²) in [5.74, 6) is 0. The van der Waals surface area contributed by atoms with Gasteiger partial charge in [-0.1, -0.05) is 17.4 Å². The molecule has 0 aromatic carbocycles. The van der Waals surface area contributed by atoms with Gasteiger partial charge in [0.1, 0.15) is 0 Å². The number of rotatable bonds is 4. The molecule has 3 aromatic heterocycles. The second kappa shape index (κ2) is 6.49. The fraction of sp³-hybridized carbons (Fsp3) is 0.471. The van der Waals surface area contributed by atoms with Crippen molar-refractivity contribution in [2.24, 2.45) is 7.05 Å². The van der Waals surface area contributed by atoms with E-state index in [4.69, 9.17) is 4.98 Å². The number of nitrogens with one attached hydrogen (secondary N) is 1. The quantitative estimate of drug-likeness (QED) is 0.790. The van der Waals surface area contributed by atoms with Crippen LogP contribution in [-0.2, 0) is 13.6 Å². The molecule has 1 atom stereocenters. The molecule has 0 radical (unpaired) electrons. The average molecular weight is 342 g/mol. The van der Waals surface area contributed by atoms with Crippen molar-refractivity contribution in [3.05, 3.63) is 35.8 Å². The van der Waals surface area contributed by atoms with Gasteiger partial charge in [-0.3, -0.25) is 9.88 Å². The molecular formula is C17H22N6S. The number of fused-ring (bicyclic) bond motifs is 1. The summed E-state index contributed by atoms with van der Waals surface area (Å²) in [6.45, 7) is 5.20. The Kier molecular flexibility index (Phi) is 4.20. The molecule has 24 heavy (non-hydrogen) atoms. The fourth-order valence-electron chi connectivity index (χ4n) is 3.39. The molecule has 4 rings (SSSR count). The number of aryl methyl sites for hydroxylation is 2. The molecule has 6 nitrogen and oxygen atoms in total. The zero-order chi connectivity index (χ0) is 16.5. The molecule has 1 aliphatic rings. The maximum absolute atomic E-state index is 4.72. The molecule has 1 unspecified atom stereocenters. The van der Waals surface area contributed by atoms with Crippen LogP contribution in [-0.4, -0.2) is 43.8 Å². The van der Waals surface area contributed by atoms with Crippen molar-refractivity contribution in [3.63, 3.8) is 0 Å². The van der Waals surface area contributed by atoms with Crippen LogP contribution >= 0.6 is 11.3 Å². The van der Waals surface area contributed by atoms with Crippen LogP contribution in [0.15, 0.2) is 24.5 Å². The summed E-state index contributed by atoms with van der Waals surface area (Å²) in [4.78, 5) is 11.4. The number of thiazole rings is 1. The number of hydrogen-bond acceptors (Lipinski definition) is 6. The van der Waals surface area contributed by atoms with Crippen molar-refractivity contribution in [2.75, 3.05) is 18.4 Å². The second-order valence-electron chi connectivity index (χ2n) is 6.46. The largest absolute Gasteiger partial charge is 0.357 e. The van der Waals surface area contributed by atoms with E-state index in [1.54, 1.807) is 11.3 Å². The molecule has 0 spiro atoms. The Hall–Kier alpha value is -1.99. The third kappa shape index (κ3) is 3.14. The van der Waals surface area contributed by atoms with E-state index in [-0.39, 0.29) is 0 Å². The monoisotopic (exact) mass is 342 g/mol. The third-order valence-corrected chi connectivity index (χ3v) is 5.59. The van der Waals surface area contributed by atoms with Crippen molar-refractivity contribution in [2.45, 2.75) is 32.4 Å². The summed E-state index contributed by atoms with van der Waals surface area (Å²) in [6.07, 6.45) is 6.19. The lowest BCUT2D eigenvalue weighted by Crippen LogP contribution is -2.41. The first-order valence-electron chi connectivity index (χ1n) is 8.37. The highest BCUT2D eigenvalue weighted by Gasteiger charge is 2.21. The Labute approximate surface area is 145 Å². The Morgan fingerprint density at radius 3 is 3.12 bits per heavy atom. The number of piperidine rings is 1. The first-order valence-corrected chi connectivity index (χ1v) is 9.18. The van der Waals surface area contributed by atoms with Gasteiger partial charge in [0.05, 0.1) is 10.4 Å². The van der Waals surface area contributed by atoms with E-state index in [2.05, 4.69) is 26.4 Å². The maximum atomic E-state index is 4.72. The van der Waals surface area contributed by atoms with Gasteiger partial charge in [-0.25, -0.2) is 9.67 Å². The Morgan fingerprint density at radius 1 is 1.42 bits per heavy atom. The van der Waals surface area contributed by atoms with Gasteiger partial charge >= 0.3 is 0 Å². The van der Waals surface area contributed by atoms with Crippen molar-refractivity contribution in [1.29, 1.82) is 0 Å². The number of anilines is 1. The number of likely N-dealkylation sites (tertiary alicyclic amines) is 1. The third-order valence-electron chi connectivity index (χ3n) is 4.51. The number of nitrogens with zero attached hydrogens (tertiary/aromatic N) is 5. The minimum absolute atomic E-state index is 0.448. The summed E-state index contributed by atoms with van der Waals surface area (Å²) in [5, 5.41) is 9.06. The van der Waals surface area contributed by atoms with E-state index in [0.717, 1.165) is 36.1 Å². The first kappa shape index (κ1) is 15.5. The molecule has 0 saturated carbocycles. The Bertz CT molecular complexity index is 790. The van der Waals surface area contributed by atoms with Crippen LogP contribution in [0.5, 0.6) is 0 Å². The van der Waals surface area contributed by atoms with E-state index < -0.39 is 0 Å². The van der Waals surface area contributed by atoms with E-state index >= 15 is 0 Å². The highest BCUT2D eigenvalue weighted by Crippen LogP contribution is 2.29. The van der Waals surface area contributed by atoms with E-state index in [1.165, 1.54) is 23.1 Å². The van der Waals surface area contributed by atoms with Gasteiger partial charge in [0.15, 0.2) is 10.8 Å². The van der Waals surface area contributed by atoms with Crippen molar-refractivity contribution < 1.29 is 0 Å². The summed E-state index contributed by atoms with van der Waals surface area (Å²) < 4.78 is 3.05. The van der Waals surface area contributed by atoms with Gasteiger partial charge in [-0.2, -0.15) is 5.10 Å². The lowest BCUT2D eigenvalue weighted by Gasteiger charge is -2.33. The van der Waals surface area contributed by atoms with Crippen molar-refractivity contribution in [1.82, 2.24) is 24.6 Å². The van der Waals surface area contributed by atoms with Gasteiger partial charge in [-0.05, 0) is 37.9 Å². The minimum atomic E-state index is 0.448. The first-order chi connectivity index (χ1) is 11.7. The SMILES string of the molecule is Cc1nn(C)c2nc(NC3CCCN(Cc4cccnc4)C3)sc12. The Balaban J connectivity index is 1.43. The summed E-state index contributed by atoms with van der Waals surface area (Å²) >= 11 is 1.71. The molecule has 1 saturated heterocycles. The summed E-state index contributed by atoms with van der Waals surface area (Å²) in [7, 11) is 1.95. The lowest BCUT2D eigenvalue weighted by molar-refractivity contribution is 0.208. The number of pyridine rings is 1. The zero-order valence-corrected chi connectivity index (χ0v) is 14.9. The maximum Gasteiger partial charge on any atom is 0.185 e. The second-order valence-corrected chi connectivity index (χ2v) is 7.46. The van der Waals surface area contributed by atoms with Crippen molar-refractivity contribution >= 4 is 26.8 Å². The van der Waals surface area contributed by atoms with Crippen LogP contribution in [0.2, 0.25) is 0 Å². The van der Waals surface area contributed by atoms with Crippen LogP contribution in [0.25, 0.3) is 10.3 Å². The van der Waals surface area contributed by atoms with E-state index in [0.29, 0.717) is 6.04 Å². The highest BCUT2D eigenvalue weighted by molar-refractivity contribution is 7.22. The highest BCUT2D eigenvalue weighted by atomic mass is 32.1. The zero-order valence-electron chi connectivity index (χ0n) is 14.1. The predicted octanol–water partition coefficient (Wildman–Crippen LogP) is 2.81. The topological polar surface area (TPSA) is 58.9 Å². The fourth-order valence-corrected chi connectivity index (χ4v) is 4.40. The molecule has 0 bridgehead atoms. The molecule has 4 heterocycles. The molecule has 0 amide bonds. The Morgan fingerprint density at radius 2 is 2.33 bits per heavy atom. The van der Waals surface area contributed by atoms with E-state index in [9.17, 15) is 0 Å². The average Bonchev–Trinajstić information content (AvgIpc) is 3.10. The van der Waals surface area contributed by atoms with Crippen molar-refractivity contribution in [3.8, 4) is 0 Å². The standard InChI is InChI=1S/C17H22N6S/c1-12-15-16(22(2)21-12)20-17(24-15)19-14-6-4-8-23(11-14)10-13-5-3-7-18-9-13/h3,5,7,9,14H,4,6,8,10-11H2,1-2H3,(H,19,20). The molecule has 1 N–H and O–H groups in total. The van der Waals surface area contributed by atoms with Gasteiger partial charge in [0.2, 0.25) is 0 Å². The molecule has 126 valence electrons. The number of hydrogen-bond donors (Lipinski definition) is 1. The number of aromatic nitrogens is 4. The van der Waals surface area contributed by atoms with Crippen LogP contribution in [0.1, 0.15) is 24.1 Å². The summed E-state index contributed by atoms with van der Waals surface area (Å²) in [5.41, 5.74) is 3.31. The molecule has 1 aliphatic heterocycles. The van der Waals surface area contributed by atoms with Crippen LogP contribution in [0, 0.1) is 6.92 Å². The molecule has 3 aromatic rings. The van der Waals surface area contributed by atoms with Gasteiger partial charge in [-0.15, -0.1) is 0 Å². The van der Waals surface area contributed by atoms with Gasteiger partial charge in [0, 0.05) is 38.6 Å². The van der Waals surface area contributed by atoms with Gasteiger partial charge in [0.25, 0.3) is 0 Å². The molecule has 7 heteroatoms. The molecule has 0 aliphatic carbocycles. The smallest absolute Gasteiger partial charge is 0.185 e. The van der Waals surface area contributed by atoms with Crippen LogP contribution in [0.4, 0.5) is 5.13 Å². The molecule has 1 fully saturated rings. The van der Waals surface area contributed by atoms with Crippen LogP contribution in [0.3, 0.4) is 0 Å². The van der Waals surface area contributed by atoms with E-state index in [1.807, 2.05) is 37.1 Å². The predicted molar refractivity (Wildman–Crippen MR) is 97.3 cm³/mol. The lowest BCUT2D eigenvalue weighted by atomic mass is 10.1. The summed E-state index contributed by atoms with van der Waals surface area (Å²) in [6, 6.07) is 4.60. The minimum Gasteiger partial charge on any atom is -0.357 e. The van der Waals surface area contributed by atoms with Gasteiger partial charge < -0.3 is 5.32 Å². The van der Waals surface area contributed by atoms with Crippen LogP contribution < -0.4 is 5.32 Å². The normalized spacial score (nSPS) is 19.0.